The Bertz CT molecular complexity index is 1030. The Hall–Kier alpha value is -3.34. The number of amides is 1. The number of likely N-dealkylation sites (tertiary alicyclic amines) is 1. The summed E-state index contributed by atoms with van der Waals surface area (Å²) >= 11 is 0. The summed E-state index contributed by atoms with van der Waals surface area (Å²) in [5.74, 6) is -0.188. The molecule has 0 saturated carbocycles. The number of alkyl halides is 3. The third-order valence-corrected chi connectivity index (χ3v) is 5.83. The second-order valence-electron chi connectivity index (χ2n) is 8.55. The summed E-state index contributed by atoms with van der Waals surface area (Å²) in [6.07, 6.45) is -0.185. The Labute approximate surface area is 216 Å². The van der Waals surface area contributed by atoms with Gasteiger partial charge in [0, 0.05) is 42.7 Å². The number of hydrogen-bond donors (Lipinski definition) is 3. The van der Waals surface area contributed by atoms with Gasteiger partial charge in [-0.3, -0.25) is 14.8 Å². The summed E-state index contributed by atoms with van der Waals surface area (Å²) in [6.45, 7) is 6.17. The Morgan fingerprint density at radius 2 is 2.00 bits per heavy atom. The van der Waals surface area contributed by atoms with E-state index < -0.39 is 18.9 Å². The van der Waals surface area contributed by atoms with Gasteiger partial charge in [-0.1, -0.05) is 13.8 Å². The van der Waals surface area contributed by atoms with E-state index in [4.69, 9.17) is 10.5 Å². The first-order chi connectivity index (χ1) is 17.6. The predicted molar refractivity (Wildman–Crippen MR) is 141 cm³/mol. The monoisotopic (exact) mass is 522 g/mol. The molecule has 3 rings (SSSR count). The molecule has 2 aliphatic rings. The molecule has 4 N–H and O–H groups in total. The van der Waals surface area contributed by atoms with Crippen molar-refractivity contribution in [3.05, 3.63) is 53.4 Å². The third-order valence-electron chi connectivity index (χ3n) is 5.83. The first-order valence-electron chi connectivity index (χ1n) is 12.3. The fourth-order valence-electron chi connectivity index (χ4n) is 3.94. The first-order valence-corrected chi connectivity index (χ1v) is 12.3. The Morgan fingerprint density at radius 1 is 1.32 bits per heavy atom. The van der Waals surface area contributed by atoms with E-state index in [-0.39, 0.29) is 17.7 Å². The van der Waals surface area contributed by atoms with Gasteiger partial charge in [-0.15, -0.1) is 0 Å². The average molecular weight is 523 g/mol. The van der Waals surface area contributed by atoms with Crippen LogP contribution in [0.5, 0.6) is 5.75 Å². The molecule has 1 aromatic rings. The number of aliphatic imine (C=N–C) groups is 2. The number of allylic oxidation sites excluding steroid dienone is 1. The van der Waals surface area contributed by atoms with Crippen molar-refractivity contribution in [1.82, 2.24) is 15.5 Å². The second-order valence-corrected chi connectivity index (χ2v) is 8.55. The Morgan fingerprint density at radius 3 is 2.57 bits per heavy atom. The molecular formula is C26H37F3N6O2. The molecule has 2 heterocycles. The van der Waals surface area contributed by atoms with Gasteiger partial charge in [0.15, 0.2) is 6.61 Å². The van der Waals surface area contributed by atoms with Crippen molar-refractivity contribution in [2.75, 3.05) is 33.8 Å². The van der Waals surface area contributed by atoms with Crippen LogP contribution >= 0.6 is 0 Å². The van der Waals surface area contributed by atoms with Gasteiger partial charge in [-0.2, -0.15) is 13.2 Å². The molecule has 2 unspecified atom stereocenters. The van der Waals surface area contributed by atoms with Crippen LogP contribution in [0, 0.1) is 0 Å². The van der Waals surface area contributed by atoms with Gasteiger partial charge < -0.3 is 26.0 Å². The number of nitrogens with one attached hydrogen (secondary N) is 2. The minimum absolute atomic E-state index is 0.0261. The van der Waals surface area contributed by atoms with Crippen LogP contribution in [0.25, 0.3) is 0 Å². The maximum absolute atomic E-state index is 13.2. The summed E-state index contributed by atoms with van der Waals surface area (Å²) in [7, 11) is 3.65. The van der Waals surface area contributed by atoms with Crippen molar-refractivity contribution >= 4 is 17.3 Å². The van der Waals surface area contributed by atoms with E-state index in [1.54, 1.807) is 32.2 Å². The van der Waals surface area contributed by atoms with E-state index in [0.29, 0.717) is 28.3 Å². The van der Waals surface area contributed by atoms with E-state index in [9.17, 15) is 18.0 Å². The van der Waals surface area contributed by atoms with Gasteiger partial charge in [-0.05, 0) is 63.7 Å². The van der Waals surface area contributed by atoms with E-state index in [2.05, 4.69) is 25.5 Å². The molecule has 0 aliphatic carbocycles. The van der Waals surface area contributed by atoms with Crippen molar-refractivity contribution < 1.29 is 22.7 Å². The Balaban J connectivity index is 0.00000235. The number of ether oxygens (including phenoxy) is 1. The lowest BCUT2D eigenvalue weighted by Crippen LogP contribution is -2.49. The maximum Gasteiger partial charge on any atom is 0.422 e. The lowest BCUT2D eigenvalue weighted by atomic mass is 10.0. The molecule has 0 bridgehead atoms. The maximum atomic E-state index is 13.2. The first kappa shape index (κ1) is 29.9. The molecular weight excluding hydrogens is 485 g/mol. The van der Waals surface area contributed by atoms with E-state index >= 15 is 0 Å². The number of rotatable bonds is 7. The fourth-order valence-corrected chi connectivity index (χ4v) is 3.94. The summed E-state index contributed by atoms with van der Waals surface area (Å²) in [4.78, 5) is 24.2. The minimum Gasteiger partial charge on any atom is -0.484 e. The third kappa shape index (κ3) is 8.92. The highest BCUT2D eigenvalue weighted by Gasteiger charge is 2.29. The van der Waals surface area contributed by atoms with Gasteiger partial charge in [-0.25, -0.2) is 0 Å². The van der Waals surface area contributed by atoms with Crippen LogP contribution in [0.1, 0.15) is 39.2 Å². The molecule has 0 radical (unpaired) electrons. The number of halogens is 3. The zero-order valence-corrected chi connectivity index (χ0v) is 22.0. The van der Waals surface area contributed by atoms with E-state index in [0.717, 1.165) is 25.9 Å². The van der Waals surface area contributed by atoms with Crippen LogP contribution in [0.4, 0.5) is 13.2 Å². The van der Waals surface area contributed by atoms with Crippen molar-refractivity contribution in [2.45, 2.75) is 52.0 Å². The molecule has 0 aromatic heterocycles. The summed E-state index contributed by atoms with van der Waals surface area (Å²) in [5, 5.41) is 6.22. The molecule has 1 fully saturated rings. The van der Waals surface area contributed by atoms with Crippen LogP contribution in [0.2, 0.25) is 0 Å². The number of nitrogens with two attached hydrogens (primary N) is 1. The van der Waals surface area contributed by atoms with Crippen LogP contribution in [0.15, 0.2) is 57.8 Å². The van der Waals surface area contributed by atoms with Gasteiger partial charge in [0.25, 0.3) is 5.91 Å². The highest BCUT2D eigenvalue weighted by molar-refractivity contribution is 6.14. The normalized spacial score (nSPS) is 21.1. The molecule has 204 valence electrons. The predicted octanol–water partition coefficient (Wildman–Crippen LogP) is 3.40. The molecule has 2 aliphatic heterocycles. The number of hydrogen-bond acceptors (Lipinski definition) is 7. The number of piperidine rings is 1. The van der Waals surface area contributed by atoms with Gasteiger partial charge in [0.05, 0.1) is 5.71 Å². The van der Waals surface area contributed by atoms with Crippen molar-refractivity contribution in [1.29, 1.82) is 0 Å². The van der Waals surface area contributed by atoms with E-state index in [1.807, 2.05) is 20.9 Å². The van der Waals surface area contributed by atoms with Gasteiger partial charge in [0.1, 0.15) is 17.6 Å². The highest BCUT2D eigenvalue weighted by Crippen LogP contribution is 2.22. The molecule has 1 aromatic carbocycles. The smallest absolute Gasteiger partial charge is 0.422 e. The van der Waals surface area contributed by atoms with Gasteiger partial charge in [0.2, 0.25) is 0 Å². The standard InChI is InChI=1S/C24H31F3N6O2.C2H6/c1-15(29-2)19(12-28)22-31-20(16-6-8-18(9-7-16)35-14-24(25,26)27)11-21(32-22)23(34)30-17-5-4-10-33(3)13-17;1-2/h6-9,11-12,17,22,32H,4-5,10,13-14,28H2,1-3H3,(H,30,34);1-2H3/b19-12+,29-15?;. The zero-order chi connectivity index (χ0) is 27.6. The zero-order valence-electron chi connectivity index (χ0n) is 22.0. The number of nitrogens with zero attached hydrogens (tertiary/aromatic N) is 3. The average Bonchev–Trinajstić information content (AvgIpc) is 2.88. The number of likely N-dealkylation sites (N-methyl/N-ethyl adjacent to an activating group) is 1. The molecule has 1 amide bonds. The van der Waals surface area contributed by atoms with Gasteiger partial charge >= 0.3 is 6.18 Å². The number of benzene rings is 1. The van der Waals surface area contributed by atoms with Crippen molar-refractivity contribution in [3.8, 4) is 5.75 Å². The number of carbonyl (C=O) groups excluding carboxylic acids is 1. The van der Waals surface area contributed by atoms with Crippen LogP contribution in [-0.4, -0.2) is 74.4 Å². The summed E-state index contributed by atoms with van der Waals surface area (Å²) in [5.41, 5.74) is 8.51. The molecule has 2 atom stereocenters. The quantitative estimate of drug-likeness (QED) is 0.476. The molecule has 37 heavy (non-hydrogen) atoms. The topological polar surface area (TPSA) is 104 Å². The highest BCUT2D eigenvalue weighted by atomic mass is 19.4. The van der Waals surface area contributed by atoms with Crippen molar-refractivity contribution in [2.24, 2.45) is 15.7 Å². The lowest BCUT2D eigenvalue weighted by molar-refractivity contribution is -0.153. The fraction of sp³-hybridized carbons (Fsp3) is 0.500. The lowest BCUT2D eigenvalue weighted by Gasteiger charge is -2.31. The SMILES string of the molecule is CC.CN=C(C)/C(=C\N)C1N=C(c2ccc(OCC(F)(F)F)cc2)C=C(C(=O)NC2CCCN(C)C2)N1. The summed E-state index contributed by atoms with van der Waals surface area (Å²) < 4.78 is 42.1. The van der Waals surface area contributed by atoms with E-state index in [1.165, 1.54) is 18.3 Å². The van der Waals surface area contributed by atoms with Crippen LogP contribution in [0.3, 0.4) is 0 Å². The second kappa shape index (κ2) is 13.8. The molecule has 1 saturated heterocycles. The molecule has 11 heteroatoms. The Kier molecular flexibility index (Phi) is 11.2. The van der Waals surface area contributed by atoms with Crippen molar-refractivity contribution in [3.63, 3.8) is 0 Å². The summed E-state index contributed by atoms with van der Waals surface area (Å²) in [6, 6.07) is 6.09. The van der Waals surface area contributed by atoms with Crippen LogP contribution in [-0.2, 0) is 4.79 Å². The minimum atomic E-state index is -4.42. The molecule has 0 spiro atoms. The largest absolute Gasteiger partial charge is 0.484 e. The number of carbonyl (C=O) groups is 1. The van der Waals surface area contributed by atoms with Crippen LogP contribution < -0.4 is 21.1 Å². The molecule has 8 nitrogen and oxygen atoms in total.